The zero-order valence-corrected chi connectivity index (χ0v) is 10.6. The summed E-state index contributed by atoms with van der Waals surface area (Å²) in [6, 6.07) is 6.77. The van der Waals surface area contributed by atoms with Gasteiger partial charge in [0, 0.05) is 12.7 Å². The maximum atomic E-state index is 13.3. The van der Waals surface area contributed by atoms with Crippen molar-refractivity contribution in [2.75, 3.05) is 11.9 Å². The molecule has 5 heteroatoms. The van der Waals surface area contributed by atoms with Crippen molar-refractivity contribution in [1.82, 2.24) is 9.97 Å². The molecule has 1 N–H and O–H groups in total. The Bertz CT molecular complexity index is 459. The monoisotopic (exact) mass is 295 g/mol. The fraction of sp³-hybridized carbons (Fsp3) is 0.167. The van der Waals surface area contributed by atoms with Crippen LogP contribution >= 0.6 is 15.9 Å². The maximum absolute atomic E-state index is 13.3. The van der Waals surface area contributed by atoms with E-state index in [2.05, 4.69) is 31.2 Å². The van der Waals surface area contributed by atoms with Crippen molar-refractivity contribution in [2.45, 2.75) is 6.42 Å². The highest BCUT2D eigenvalue weighted by atomic mass is 79.9. The zero-order chi connectivity index (χ0) is 12.1. The molecular weight excluding hydrogens is 285 g/mol. The van der Waals surface area contributed by atoms with Crippen LogP contribution < -0.4 is 5.32 Å². The van der Waals surface area contributed by atoms with Crippen LogP contribution in [0, 0.1) is 5.82 Å². The zero-order valence-electron chi connectivity index (χ0n) is 9.03. The minimum absolute atomic E-state index is 0.170. The molecule has 1 aromatic carbocycles. The van der Waals surface area contributed by atoms with Gasteiger partial charge in [-0.25, -0.2) is 14.4 Å². The fourth-order valence-electron chi connectivity index (χ4n) is 1.46. The Balaban J connectivity index is 1.93. The Morgan fingerprint density at radius 2 is 2.12 bits per heavy atom. The van der Waals surface area contributed by atoms with E-state index in [1.807, 2.05) is 6.07 Å². The maximum Gasteiger partial charge on any atom is 0.143 e. The van der Waals surface area contributed by atoms with E-state index in [9.17, 15) is 4.39 Å². The second kappa shape index (κ2) is 5.72. The number of hydrogen-bond acceptors (Lipinski definition) is 3. The molecule has 0 unspecified atom stereocenters. The Kier molecular flexibility index (Phi) is 4.03. The molecule has 0 radical (unpaired) electrons. The van der Waals surface area contributed by atoms with Gasteiger partial charge in [-0.2, -0.15) is 0 Å². The largest absolute Gasteiger partial charge is 0.369 e. The summed E-state index contributed by atoms with van der Waals surface area (Å²) in [6.45, 7) is 0.622. The third-order valence-corrected chi connectivity index (χ3v) is 2.89. The normalized spacial score (nSPS) is 10.2. The van der Waals surface area contributed by atoms with Gasteiger partial charge in [0.15, 0.2) is 0 Å². The van der Waals surface area contributed by atoms with E-state index in [4.69, 9.17) is 0 Å². The minimum atomic E-state index is -0.170. The number of halogens is 2. The molecule has 0 amide bonds. The van der Waals surface area contributed by atoms with E-state index in [1.54, 1.807) is 18.3 Å². The van der Waals surface area contributed by atoms with Crippen molar-refractivity contribution in [3.63, 3.8) is 0 Å². The molecule has 2 aromatic rings. The minimum Gasteiger partial charge on any atom is -0.369 e. The first kappa shape index (κ1) is 12.0. The van der Waals surface area contributed by atoms with E-state index < -0.39 is 0 Å². The van der Waals surface area contributed by atoms with Crippen LogP contribution in [0.15, 0.2) is 41.3 Å². The summed E-state index contributed by atoms with van der Waals surface area (Å²) < 4.78 is 14.1. The van der Waals surface area contributed by atoms with Gasteiger partial charge in [0.25, 0.3) is 0 Å². The molecular formula is C12H11BrFN3. The summed E-state index contributed by atoms with van der Waals surface area (Å²) in [6.07, 6.45) is 3.75. The lowest BCUT2D eigenvalue weighted by Gasteiger charge is -2.07. The van der Waals surface area contributed by atoms with Crippen molar-refractivity contribution in [1.29, 1.82) is 0 Å². The molecule has 3 nitrogen and oxygen atoms in total. The van der Waals surface area contributed by atoms with Gasteiger partial charge in [0.1, 0.15) is 18.0 Å². The van der Waals surface area contributed by atoms with Gasteiger partial charge in [0.05, 0.1) is 4.47 Å². The Hall–Kier alpha value is -1.49. The lowest BCUT2D eigenvalue weighted by atomic mass is 10.1. The van der Waals surface area contributed by atoms with Gasteiger partial charge in [-0.3, -0.25) is 0 Å². The average Bonchev–Trinajstić information content (AvgIpc) is 2.34. The third-order valence-electron chi connectivity index (χ3n) is 2.31. The first-order valence-corrected chi connectivity index (χ1v) is 5.99. The van der Waals surface area contributed by atoms with Crippen LogP contribution in [-0.4, -0.2) is 16.5 Å². The molecule has 0 aliphatic heterocycles. The fourth-order valence-corrected chi connectivity index (χ4v) is 1.82. The summed E-state index contributed by atoms with van der Waals surface area (Å²) in [5.74, 6) is 0.549. The van der Waals surface area contributed by atoms with Crippen LogP contribution in [0.3, 0.4) is 0 Å². The number of rotatable bonds is 4. The van der Waals surface area contributed by atoms with Gasteiger partial charge >= 0.3 is 0 Å². The highest BCUT2D eigenvalue weighted by Crippen LogP contribution is 2.17. The van der Waals surface area contributed by atoms with E-state index in [0.29, 0.717) is 18.5 Å². The molecule has 0 saturated heterocycles. The lowest BCUT2D eigenvalue weighted by molar-refractivity contribution is 0.610. The number of nitrogens with one attached hydrogen (secondary N) is 1. The van der Waals surface area contributed by atoms with Gasteiger partial charge in [-0.15, -0.1) is 0 Å². The summed E-state index contributed by atoms with van der Waals surface area (Å²) in [4.78, 5) is 7.94. The molecule has 0 aliphatic rings. The van der Waals surface area contributed by atoms with E-state index in [-0.39, 0.29) is 5.82 Å². The first-order valence-electron chi connectivity index (χ1n) is 5.20. The molecule has 0 spiro atoms. The van der Waals surface area contributed by atoms with Crippen LogP contribution in [-0.2, 0) is 6.42 Å². The van der Waals surface area contributed by atoms with Crippen LogP contribution in [0.25, 0.3) is 0 Å². The summed E-state index contributed by atoms with van der Waals surface area (Å²) in [5, 5.41) is 3.12. The van der Waals surface area contributed by atoms with Crippen molar-refractivity contribution >= 4 is 21.7 Å². The number of aromatic nitrogens is 2. The average molecular weight is 296 g/mol. The lowest BCUT2D eigenvalue weighted by Crippen LogP contribution is -2.07. The number of hydrogen-bond donors (Lipinski definition) is 1. The third kappa shape index (κ3) is 3.23. The second-order valence-corrected chi connectivity index (χ2v) is 4.34. The van der Waals surface area contributed by atoms with Crippen molar-refractivity contribution in [3.8, 4) is 0 Å². The van der Waals surface area contributed by atoms with Crippen LogP contribution in [0.4, 0.5) is 10.2 Å². The van der Waals surface area contributed by atoms with E-state index in [1.165, 1.54) is 12.4 Å². The van der Waals surface area contributed by atoms with Gasteiger partial charge in [-0.05, 0) is 34.0 Å². The van der Waals surface area contributed by atoms with Crippen LogP contribution in [0.1, 0.15) is 5.56 Å². The van der Waals surface area contributed by atoms with Gasteiger partial charge in [0.2, 0.25) is 0 Å². The number of benzene rings is 1. The smallest absolute Gasteiger partial charge is 0.143 e. The SMILES string of the molecule is Fc1ccccc1CCNc1ncncc1Br. The Morgan fingerprint density at radius 1 is 1.29 bits per heavy atom. The molecule has 1 aromatic heterocycles. The molecule has 88 valence electrons. The Morgan fingerprint density at radius 3 is 2.88 bits per heavy atom. The first-order chi connectivity index (χ1) is 8.27. The Labute approximate surface area is 107 Å². The van der Waals surface area contributed by atoms with E-state index in [0.717, 1.165) is 10.3 Å². The van der Waals surface area contributed by atoms with Gasteiger partial charge in [-0.1, -0.05) is 18.2 Å². The van der Waals surface area contributed by atoms with Crippen molar-refractivity contribution < 1.29 is 4.39 Å². The molecule has 0 atom stereocenters. The number of anilines is 1. The molecule has 1 heterocycles. The molecule has 0 aliphatic carbocycles. The second-order valence-electron chi connectivity index (χ2n) is 3.49. The van der Waals surface area contributed by atoms with Crippen LogP contribution in [0.5, 0.6) is 0 Å². The predicted octanol–water partition coefficient (Wildman–Crippen LogP) is 3.03. The van der Waals surface area contributed by atoms with Crippen molar-refractivity contribution in [2.24, 2.45) is 0 Å². The quantitative estimate of drug-likeness (QED) is 0.942. The topological polar surface area (TPSA) is 37.8 Å². The predicted molar refractivity (Wildman–Crippen MR) is 68.3 cm³/mol. The number of nitrogens with zero attached hydrogens (tertiary/aromatic N) is 2. The standard InChI is InChI=1S/C12H11BrFN3/c13-10-7-15-8-17-12(10)16-6-5-9-3-1-2-4-11(9)14/h1-4,7-8H,5-6H2,(H,15,16,17). The van der Waals surface area contributed by atoms with Crippen molar-refractivity contribution in [3.05, 3.63) is 52.6 Å². The van der Waals surface area contributed by atoms with Crippen LogP contribution in [0.2, 0.25) is 0 Å². The molecule has 0 bridgehead atoms. The highest BCUT2D eigenvalue weighted by molar-refractivity contribution is 9.10. The summed E-state index contributed by atoms with van der Waals surface area (Å²) in [7, 11) is 0. The molecule has 2 rings (SSSR count). The molecule has 17 heavy (non-hydrogen) atoms. The molecule has 0 fully saturated rings. The van der Waals surface area contributed by atoms with E-state index >= 15 is 0 Å². The van der Waals surface area contributed by atoms with Gasteiger partial charge < -0.3 is 5.32 Å². The highest BCUT2D eigenvalue weighted by Gasteiger charge is 2.02. The summed E-state index contributed by atoms with van der Waals surface area (Å²) >= 11 is 3.34. The molecule has 0 saturated carbocycles. The summed E-state index contributed by atoms with van der Waals surface area (Å²) in [5.41, 5.74) is 0.699.